The summed E-state index contributed by atoms with van der Waals surface area (Å²) in [5.41, 5.74) is 0.680. The fourth-order valence-electron chi connectivity index (χ4n) is 3.92. The quantitative estimate of drug-likeness (QED) is 0.879. The molecule has 0 bridgehead atoms. The average molecular weight is 332 g/mol. The van der Waals surface area contributed by atoms with E-state index in [1.165, 1.54) is 4.52 Å². The highest BCUT2D eigenvalue weighted by Crippen LogP contribution is 2.33. The smallest absolute Gasteiger partial charge is 0.272 e. The van der Waals surface area contributed by atoms with E-state index in [1.54, 1.807) is 12.3 Å². The van der Waals surface area contributed by atoms with Crippen molar-refractivity contribution in [2.24, 2.45) is 0 Å². The van der Waals surface area contributed by atoms with Gasteiger partial charge in [0.15, 0.2) is 5.65 Å². The highest BCUT2D eigenvalue weighted by atomic mass is 16.5. The lowest BCUT2D eigenvalue weighted by atomic mass is 9.90. The number of hydrogen-bond acceptors (Lipinski definition) is 5. The number of aromatic amines is 1. The first-order valence-electron chi connectivity index (χ1n) is 8.76. The fourth-order valence-corrected chi connectivity index (χ4v) is 3.92. The summed E-state index contributed by atoms with van der Waals surface area (Å²) in [4.78, 5) is 19.2. The van der Waals surface area contributed by atoms with Crippen LogP contribution in [0.2, 0.25) is 0 Å². The lowest BCUT2D eigenvalue weighted by Crippen LogP contribution is -2.49. The van der Waals surface area contributed by atoms with E-state index in [0.29, 0.717) is 38.2 Å². The van der Waals surface area contributed by atoms with Crippen molar-refractivity contribution in [2.75, 3.05) is 26.3 Å². The van der Waals surface area contributed by atoms with Crippen LogP contribution in [0, 0.1) is 0 Å². The van der Waals surface area contributed by atoms with Crippen LogP contribution < -0.4 is 5.56 Å². The van der Waals surface area contributed by atoms with Gasteiger partial charge in [0.05, 0.1) is 17.3 Å². The molecule has 0 saturated carbocycles. The van der Waals surface area contributed by atoms with Crippen LogP contribution in [0.5, 0.6) is 0 Å². The average Bonchev–Trinajstić information content (AvgIpc) is 3.05. The minimum Gasteiger partial charge on any atom is -0.388 e. The predicted molar refractivity (Wildman–Crippen MR) is 89.0 cm³/mol. The van der Waals surface area contributed by atoms with Gasteiger partial charge >= 0.3 is 0 Å². The molecule has 7 heteroatoms. The van der Waals surface area contributed by atoms with Crippen molar-refractivity contribution >= 4 is 5.65 Å². The van der Waals surface area contributed by atoms with Crippen molar-refractivity contribution in [3.8, 4) is 0 Å². The molecule has 4 rings (SSSR count). The SMILES string of the molecule is O=c1cc(C2CCCCN2CC2(O)CCOCC2)nc2cc[nH]n12. The Morgan fingerprint density at radius 3 is 3.04 bits per heavy atom. The van der Waals surface area contributed by atoms with Crippen molar-refractivity contribution in [3.63, 3.8) is 0 Å². The lowest BCUT2D eigenvalue weighted by Gasteiger charge is -2.42. The van der Waals surface area contributed by atoms with E-state index < -0.39 is 5.60 Å². The first kappa shape index (κ1) is 15.8. The molecule has 2 aromatic heterocycles. The Balaban J connectivity index is 1.62. The molecule has 0 aliphatic carbocycles. The maximum atomic E-state index is 12.3. The Morgan fingerprint density at radius 2 is 2.21 bits per heavy atom. The van der Waals surface area contributed by atoms with Gasteiger partial charge in [0, 0.05) is 50.9 Å². The van der Waals surface area contributed by atoms with Gasteiger partial charge in [-0.3, -0.25) is 14.8 Å². The molecule has 0 amide bonds. The minimum atomic E-state index is -0.693. The number of hydrogen-bond donors (Lipinski definition) is 2. The zero-order valence-electron chi connectivity index (χ0n) is 13.8. The Bertz CT molecular complexity index is 763. The normalized spacial score (nSPS) is 25.1. The summed E-state index contributed by atoms with van der Waals surface area (Å²) in [6.07, 6.45) is 6.27. The highest BCUT2D eigenvalue weighted by Gasteiger charge is 2.36. The van der Waals surface area contributed by atoms with Crippen LogP contribution in [0.4, 0.5) is 0 Å². The number of rotatable bonds is 3. The van der Waals surface area contributed by atoms with E-state index in [9.17, 15) is 9.90 Å². The first-order chi connectivity index (χ1) is 11.6. The van der Waals surface area contributed by atoms with E-state index in [2.05, 4.69) is 15.0 Å². The molecule has 2 aromatic rings. The van der Waals surface area contributed by atoms with Gasteiger partial charge in [0.25, 0.3) is 5.56 Å². The van der Waals surface area contributed by atoms with Gasteiger partial charge in [0.2, 0.25) is 0 Å². The van der Waals surface area contributed by atoms with Crippen LogP contribution in [-0.2, 0) is 4.74 Å². The molecule has 7 nitrogen and oxygen atoms in total. The molecule has 0 radical (unpaired) electrons. The summed E-state index contributed by atoms with van der Waals surface area (Å²) in [5, 5.41) is 13.7. The number of ether oxygens (including phenoxy) is 1. The number of β-amino-alcohol motifs (C(OH)–C–C–N with tert-alkyl or cyclic N) is 1. The molecular formula is C17H24N4O3. The summed E-state index contributed by atoms with van der Waals surface area (Å²) >= 11 is 0. The zero-order chi connectivity index (χ0) is 16.6. The Kier molecular flexibility index (Phi) is 4.15. The Hall–Kier alpha value is -1.70. The van der Waals surface area contributed by atoms with Gasteiger partial charge in [-0.15, -0.1) is 0 Å². The second-order valence-corrected chi connectivity index (χ2v) is 6.99. The molecule has 0 spiro atoms. The zero-order valence-corrected chi connectivity index (χ0v) is 13.8. The Labute approximate surface area is 140 Å². The van der Waals surface area contributed by atoms with Crippen LogP contribution >= 0.6 is 0 Å². The summed E-state index contributed by atoms with van der Waals surface area (Å²) < 4.78 is 6.83. The minimum absolute atomic E-state index is 0.0877. The van der Waals surface area contributed by atoms with Crippen molar-refractivity contribution in [1.29, 1.82) is 0 Å². The molecule has 24 heavy (non-hydrogen) atoms. The van der Waals surface area contributed by atoms with Crippen molar-refractivity contribution in [3.05, 3.63) is 34.4 Å². The molecule has 2 saturated heterocycles. The maximum Gasteiger partial charge on any atom is 0.272 e. The molecule has 2 aliphatic rings. The molecule has 2 fully saturated rings. The molecule has 0 aromatic carbocycles. The number of nitrogens with zero attached hydrogens (tertiary/aromatic N) is 3. The third-order valence-corrected chi connectivity index (χ3v) is 5.28. The molecule has 2 aliphatic heterocycles. The van der Waals surface area contributed by atoms with Crippen LogP contribution in [0.1, 0.15) is 43.8 Å². The second kappa shape index (κ2) is 6.31. The van der Waals surface area contributed by atoms with Gasteiger partial charge < -0.3 is 9.84 Å². The van der Waals surface area contributed by atoms with Crippen molar-refractivity contribution in [2.45, 2.75) is 43.7 Å². The molecule has 130 valence electrons. The van der Waals surface area contributed by atoms with Gasteiger partial charge in [-0.1, -0.05) is 6.42 Å². The largest absolute Gasteiger partial charge is 0.388 e. The summed E-state index contributed by atoms with van der Waals surface area (Å²) in [7, 11) is 0. The van der Waals surface area contributed by atoms with Crippen LogP contribution in [0.3, 0.4) is 0 Å². The summed E-state index contributed by atoms with van der Waals surface area (Å²) in [6, 6.07) is 3.53. The number of aromatic nitrogens is 3. The number of piperidine rings is 1. The van der Waals surface area contributed by atoms with Gasteiger partial charge in [-0.2, -0.15) is 0 Å². The van der Waals surface area contributed by atoms with E-state index >= 15 is 0 Å². The topological polar surface area (TPSA) is 82.9 Å². The number of likely N-dealkylation sites (tertiary alicyclic amines) is 1. The lowest BCUT2D eigenvalue weighted by molar-refractivity contribution is -0.0888. The molecule has 2 N–H and O–H groups in total. The Morgan fingerprint density at radius 1 is 1.38 bits per heavy atom. The van der Waals surface area contributed by atoms with Crippen molar-refractivity contribution < 1.29 is 9.84 Å². The summed E-state index contributed by atoms with van der Waals surface area (Å²) in [5.74, 6) is 0. The van der Waals surface area contributed by atoms with Gasteiger partial charge in [-0.05, 0) is 19.4 Å². The highest BCUT2D eigenvalue weighted by molar-refractivity contribution is 5.37. The third kappa shape index (κ3) is 2.99. The van der Waals surface area contributed by atoms with Crippen LogP contribution in [-0.4, -0.2) is 56.5 Å². The molecule has 1 unspecified atom stereocenters. The van der Waals surface area contributed by atoms with E-state index in [-0.39, 0.29) is 11.6 Å². The molecule has 4 heterocycles. The molecular weight excluding hydrogens is 308 g/mol. The summed E-state index contributed by atoms with van der Waals surface area (Å²) in [6.45, 7) is 2.78. The third-order valence-electron chi connectivity index (χ3n) is 5.28. The van der Waals surface area contributed by atoms with Crippen molar-refractivity contribution in [1.82, 2.24) is 19.5 Å². The van der Waals surface area contributed by atoms with Gasteiger partial charge in [0.1, 0.15) is 0 Å². The maximum absolute atomic E-state index is 12.3. The van der Waals surface area contributed by atoms with E-state index in [0.717, 1.165) is 31.5 Å². The number of fused-ring (bicyclic) bond motifs is 1. The fraction of sp³-hybridized carbons (Fsp3) is 0.647. The standard InChI is InChI=1S/C17H24N4O3/c22-16-11-13(19-15-4-7-18-21(15)16)14-3-1-2-8-20(14)12-17(23)5-9-24-10-6-17/h4,7,11,14,18,23H,1-3,5-6,8-10,12H2. The van der Waals surface area contributed by atoms with Crippen LogP contribution in [0.25, 0.3) is 5.65 Å². The van der Waals surface area contributed by atoms with E-state index in [1.807, 2.05) is 6.07 Å². The number of nitrogens with one attached hydrogen (secondary N) is 1. The van der Waals surface area contributed by atoms with E-state index in [4.69, 9.17) is 4.74 Å². The number of aliphatic hydroxyl groups is 1. The van der Waals surface area contributed by atoms with Crippen LogP contribution in [0.15, 0.2) is 23.1 Å². The first-order valence-corrected chi connectivity index (χ1v) is 8.76. The van der Waals surface area contributed by atoms with Gasteiger partial charge in [-0.25, -0.2) is 9.50 Å². The monoisotopic (exact) mass is 332 g/mol. The second-order valence-electron chi connectivity index (χ2n) is 6.99. The number of H-pyrrole nitrogens is 1. The molecule has 1 atom stereocenters. The predicted octanol–water partition coefficient (Wildman–Crippen LogP) is 1.09.